The summed E-state index contributed by atoms with van der Waals surface area (Å²) in [6.07, 6.45) is 1.91. The van der Waals surface area contributed by atoms with Crippen molar-refractivity contribution >= 4 is 17.3 Å². The molecule has 0 bridgehead atoms. The van der Waals surface area contributed by atoms with E-state index in [4.69, 9.17) is 19.2 Å². The Kier molecular flexibility index (Phi) is 6.68. The third-order valence-corrected chi connectivity index (χ3v) is 5.63. The minimum Gasteiger partial charge on any atom is -0.497 e. The van der Waals surface area contributed by atoms with Crippen LogP contribution in [0.2, 0.25) is 0 Å². The summed E-state index contributed by atoms with van der Waals surface area (Å²) >= 11 is 1.60. The summed E-state index contributed by atoms with van der Waals surface area (Å²) < 4.78 is 15.9. The zero-order valence-electron chi connectivity index (χ0n) is 16.1. The molecule has 1 fully saturated rings. The van der Waals surface area contributed by atoms with Gasteiger partial charge < -0.3 is 14.2 Å². The lowest BCUT2D eigenvalue weighted by Crippen LogP contribution is -2.39. The fourth-order valence-electron chi connectivity index (χ4n) is 3.36. The average Bonchev–Trinajstić information content (AvgIpc) is 3.16. The third-order valence-electron chi connectivity index (χ3n) is 4.70. The summed E-state index contributed by atoms with van der Waals surface area (Å²) in [4.78, 5) is 19.1. The van der Waals surface area contributed by atoms with Crippen LogP contribution in [0.5, 0.6) is 11.5 Å². The summed E-state index contributed by atoms with van der Waals surface area (Å²) in [5, 5.41) is 3.00. The van der Waals surface area contributed by atoms with E-state index in [0.717, 1.165) is 60.2 Å². The lowest BCUT2D eigenvalue weighted by atomic mass is 9.98. The number of hydrogen-bond donors (Lipinski definition) is 0. The van der Waals surface area contributed by atoms with Crippen molar-refractivity contribution in [3.8, 4) is 22.1 Å². The molecule has 0 spiro atoms. The van der Waals surface area contributed by atoms with E-state index in [0.29, 0.717) is 6.61 Å². The molecule has 3 rings (SSSR count). The smallest absolute Gasteiger partial charge is 0.310 e. The van der Waals surface area contributed by atoms with Gasteiger partial charge in [0.15, 0.2) is 0 Å². The van der Waals surface area contributed by atoms with Crippen LogP contribution in [0.1, 0.15) is 25.5 Å². The van der Waals surface area contributed by atoms with E-state index in [2.05, 4.69) is 10.3 Å². The van der Waals surface area contributed by atoms with Crippen LogP contribution in [0, 0.1) is 5.92 Å². The van der Waals surface area contributed by atoms with Crippen molar-refractivity contribution in [2.75, 3.05) is 33.9 Å². The van der Waals surface area contributed by atoms with Gasteiger partial charge in [-0.1, -0.05) is 0 Å². The Morgan fingerprint density at radius 2 is 2.19 bits per heavy atom. The molecule has 0 aliphatic carbocycles. The number of piperidine rings is 1. The summed E-state index contributed by atoms with van der Waals surface area (Å²) in [7, 11) is 3.29. The number of hydrogen-bond acceptors (Lipinski definition) is 7. The molecule has 0 radical (unpaired) electrons. The quantitative estimate of drug-likeness (QED) is 0.673. The largest absolute Gasteiger partial charge is 0.497 e. The molecule has 7 heteroatoms. The minimum atomic E-state index is -0.0795. The highest BCUT2D eigenvalue weighted by Gasteiger charge is 2.27. The van der Waals surface area contributed by atoms with Crippen molar-refractivity contribution in [1.29, 1.82) is 0 Å². The van der Waals surface area contributed by atoms with Gasteiger partial charge in [0.05, 0.1) is 38.0 Å². The molecule has 146 valence electrons. The average molecular weight is 391 g/mol. The van der Waals surface area contributed by atoms with E-state index in [1.807, 2.05) is 25.1 Å². The molecule has 1 aromatic carbocycles. The molecule has 0 saturated carbocycles. The zero-order chi connectivity index (χ0) is 19.2. The number of ether oxygens (including phenoxy) is 3. The number of thiazole rings is 1. The van der Waals surface area contributed by atoms with Crippen LogP contribution in [-0.2, 0) is 16.1 Å². The number of benzene rings is 1. The Hall–Kier alpha value is -2.12. The van der Waals surface area contributed by atoms with Crippen molar-refractivity contribution < 1.29 is 19.0 Å². The van der Waals surface area contributed by atoms with Gasteiger partial charge in [-0.25, -0.2) is 4.98 Å². The van der Waals surface area contributed by atoms with Crippen molar-refractivity contribution in [2.45, 2.75) is 26.3 Å². The Bertz CT molecular complexity index is 777. The molecule has 1 aliphatic heterocycles. The molecule has 2 aromatic rings. The van der Waals surface area contributed by atoms with E-state index in [1.165, 1.54) is 0 Å². The highest BCUT2D eigenvalue weighted by atomic mass is 32.1. The number of carbonyl (C=O) groups is 1. The molecular weight excluding hydrogens is 364 g/mol. The Labute approximate surface area is 164 Å². The van der Waals surface area contributed by atoms with Crippen LogP contribution in [0.15, 0.2) is 23.6 Å². The first kappa shape index (κ1) is 19.6. The van der Waals surface area contributed by atoms with Crippen LogP contribution < -0.4 is 9.47 Å². The lowest BCUT2D eigenvalue weighted by molar-refractivity contribution is -0.150. The fraction of sp³-hybridized carbons (Fsp3) is 0.500. The predicted octanol–water partition coefficient (Wildman–Crippen LogP) is 3.60. The molecule has 1 aliphatic rings. The lowest BCUT2D eigenvalue weighted by Gasteiger charge is -2.30. The number of aromatic nitrogens is 1. The standard InChI is InChI=1S/C20H26N2O4S/c1-4-26-20(23)14-6-5-9-22(11-14)12-15-13-27-19(21-15)17-8-7-16(24-2)10-18(17)25-3/h7-8,10,13-14H,4-6,9,11-12H2,1-3H3. The van der Waals surface area contributed by atoms with Crippen LogP contribution >= 0.6 is 11.3 Å². The zero-order valence-corrected chi connectivity index (χ0v) is 16.9. The highest BCUT2D eigenvalue weighted by Crippen LogP contribution is 2.35. The molecular formula is C20H26N2O4S. The van der Waals surface area contributed by atoms with E-state index in [-0.39, 0.29) is 11.9 Å². The van der Waals surface area contributed by atoms with Gasteiger partial charge in [-0.3, -0.25) is 9.69 Å². The summed E-state index contributed by atoms with van der Waals surface area (Å²) in [5.41, 5.74) is 1.97. The first-order valence-corrected chi connectivity index (χ1v) is 10.1. The first-order chi connectivity index (χ1) is 13.1. The molecule has 1 saturated heterocycles. The second-order valence-electron chi connectivity index (χ2n) is 6.54. The van der Waals surface area contributed by atoms with Crippen LogP contribution in [-0.4, -0.2) is 49.8 Å². The van der Waals surface area contributed by atoms with Gasteiger partial charge in [-0.2, -0.15) is 0 Å². The Morgan fingerprint density at radius 3 is 2.93 bits per heavy atom. The molecule has 0 amide bonds. The molecule has 1 aromatic heterocycles. The number of esters is 1. The first-order valence-electron chi connectivity index (χ1n) is 9.20. The van der Waals surface area contributed by atoms with Gasteiger partial charge in [0.2, 0.25) is 0 Å². The molecule has 0 N–H and O–H groups in total. The van der Waals surface area contributed by atoms with Gasteiger partial charge in [0.25, 0.3) is 0 Å². The predicted molar refractivity (Wildman–Crippen MR) is 105 cm³/mol. The number of carbonyl (C=O) groups excluding carboxylic acids is 1. The van der Waals surface area contributed by atoms with Crippen molar-refractivity contribution in [3.63, 3.8) is 0 Å². The maximum Gasteiger partial charge on any atom is 0.310 e. The van der Waals surface area contributed by atoms with Crippen molar-refractivity contribution in [3.05, 3.63) is 29.3 Å². The molecule has 1 unspecified atom stereocenters. The topological polar surface area (TPSA) is 60.9 Å². The normalized spacial score (nSPS) is 17.5. The number of methoxy groups -OCH3 is 2. The summed E-state index contributed by atoms with van der Waals surface area (Å²) in [6.45, 7) is 4.74. The van der Waals surface area contributed by atoms with Crippen molar-refractivity contribution in [2.24, 2.45) is 5.92 Å². The van der Waals surface area contributed by atoms with E-state index < -0.39 is 0 Å². The minimum absolute atomic E-state index is 0.0292. The van der Waals surface area contributed by atoms with Gasteiger partial charge >= 0.3 is 5.97 Å². The third kappa shape index (κ3) is 4.78. The fourth-order valence-corrected chi connectivity index (χ4v) is 4.20. The number of rotatable bonds is 7. The van der Waals surface area contributed by atoms with Crippen molar-refractivity contribution in [1.82, 2.24) is 9.88 Å². The van der Waals surface area contributed by atoms with Gasteiger partial charge in [-0.15, -0.1) is 11.3 Å². The second kappa shape index (κ2) is 9.19. The van der Waals surface area contributed by atoms with Gasteiger partial charge in [-0.05, 0) is 38.4 Å². The number of nitrogens with zero attached hydrogens (tertiary/aromatic N) is 2. The van der Waals surface area contributed by atoms with Gasteiger partial charge in [0.1, 0.15) is 16.5 Å². The second-order valence-corrected chi connectivity index (χ2v) is 7.39. The Balaban J connectivity index is 1.68. The maximum absolute atomic E-state index is 12.0. The van der Waals surface area contributed by atoms with Crippen LogP contribution in [0.4, 0.5) is 0 Å². The number of likely N-dealkylation sites (tertiary alicyclic amines) is 1. The molecule has 27 heavy (non-hydrogen) atoms. The van der Waals surface area contributed by atoms with Gasteiger partial charge in [0, 0.05) is 24.5 Å². The molecule has 6 nitrogen and oxygen atoms in total. The monoisotopic (exact) mass is 390 g/mol. The molecule has 1 atom stereocenters. The maximum atomic E-state index is 12.0. The Morgan fingerprint density at radius 1 is 1.33 bits per heavy atom. The van der Waals surface area contributed by atoms with E-state index >= 15 is 0 Å². The molecule has 2 heterocycles. The summed E-state index contributed by atoms with van der Waals surface area (Å²) in [5.74, 6) is 1.39. The summed E-state index contributed by atoms with van der Waals surface area (Å²) in [6, 6.07) is 5.75. The highest BCUT2D eigenvalue weighted by molar-refractivity contribution is 7.13. The SMILES string of the molecule is CCOC(=O)C1CCCN(Cc2csc(-c3ccc(OC)cc3OC)n2)C1. The van der Waals surface area contributed by atoms with Crippen LogP contribution in [0.25, 0.3) is 10.6 Å². The van der Waals surface area contributed by atoms with Crippen LogP contribution in [0.3, 0.4) is 0 Å². The van der Waals surface area contributed by atoms with E-state index in [1.54, 1.807) is 25.6 Å². The van der Waals surface area contributed by atoms with E-state index in [9.17, 15) is 4.79 Å².